The van der Waals surface area contributed by atoms with Crippen molar-refractivity contribution in [3.8, 4) is 55.6 Å². The predicted molar refractivity (Wildman–Crippen MR) is 270 cm³/mol. The fraction of sp³-hybridized carbons (Fsp3) is 0.111. The average Bonchev–Trinajstić information content (AvgIpc) is 4.07. The predicted octanol–water partition coefficient (Wildman–Crippen LogP) is 17.2. The second kappa shape index (κ2) is 14.8. The third-order valence-corrected chi connectivity index (χ3v) is 15.2. The molecular formula is C63H47N. The molecule has 64 heavy (non-hydrogen) atoms. The quantitative estimate of drug-likeness (QED) is 0.145. The third-order valence-electron chi connectivity index (χ3n) is 15.2. The lowest BCUT2D eigenvalue weighted by Crippen LogP contribution is -2.31. The van der Waals surface area contributed by atoms with Crippen molar-refractivity contribution in [2.45, 2.75) is 31.1 Å². The first kappa shape index (κ1) is 37.1. The highest BCUT2D eigenvalue weighted by molar-refractivity contribution is 6.15. The lowest BCUT2D eigenvalue weighted by Gasteiger charge is -2.36. The Bertz CT molecular complexity index is 3420. The second-order valence-electron chi connectivity index (χ2n) is 18.4. The molecule has 1 spiro atoms. The molecular weight excluding hydrogens is 771 g/mol. The molecule has 0 heterocycles. The van der Waals surface area contributed by atoms with Crippen molar-refractivity contribution in [2.75, 3.05) is 4.90 Å². The van der Waals surface area contributed by atoms with E-state index in [1.165, 1.54) is 103 Å². The smallest absolute Gasteiger partial charge is 0.0546 e. The molecule has 3 unspecified atom stereocenters. The van der Waals surface area contributed by atoms with E-state index in [-0.39, 0.29) is 5.41 Å². The van der Waals surface area contributed by atoms with Crippen LogP contribution < -0.4 is 4.90 Å². The Hall–Kier alpha value is -7.48. The summed E-state index contributed by atoms with van der Waals surface area (Å²) in [6.07, 6.45) is 5.41. The van der Waals surface area contributed by atoms with E-state index in [0.717, 1.165) is 28.9 Å². The fourth-order valence-corrected chi connectivity index (χ4v) is 12.4. The van der Waals surface area contributed by atoms with Crippen molar-refractivity contribution in [3.05, 3.63) is 236 Å². The molecule has 3 aliphatic carbocycles. The van der Waals surface area contributed by atoms with E-state index < -0.39 is 0 Å². The highest BCUT2D eigenvalue weighted by atomic mass is 15.1. The molecule has 1 nitrogen and oxygen atoms in total. The summed E-state index contributed by atoms with van der Waals surface area (Å²) < 4.78 is 0. The van der Waals surface area contributed by atoms with Crippen LogP contribution in [0.1, 0.15) is 36.8 Å². The summed E-state index contributed by atoms with van der Waals surface area (Å²) in [7, 11) is 0. The Morgan fingerprint density at radius 2 is 0.938 bits per heavy atom. The van der Waals surface area contributed by atoms with Crippen LogP contribution in [-0.2, 0) is 5.41 Å². The standard InChI is InChI=1S/C63H47N/c1-2-16-44(17-3-1)49-19-6-7-21-51(49)53-23-8-9-24-54(53)57-26-13-15-29-61(57)64(62-40-46-18-4-5-20-50(46)52-22-10-11-27-58(52)62)48-35-31-43(32-36-48)45-33-37-56-55-25-12-14-28-59(55)63(60(56)39-45)41-42-30-34-47(63)38-42/h1-29,31-33,35-37,39-40,42,47H,30,34,38,41H2. The maximum Gasteiger partial charge on any atom is 0.0546 e. The molecule has 10 aromatic rings. The van der Waals surface area contributed by atoms with E-state index in [0.29, 0.717) is 0 Å². The third kappa shape index (κ3) is 5.70. The van der Waals surface area contributed by atoms with E-state index >= 15 is 0 Å². The van der Waals surface area contributed by atoms with Gasteiger partial charge in [-0.05, 0) is 139 Å². The normalized spacial score (nSPS) is 18.1. The van der Waals surface area contributed by atoms with Crippen molar-refractivity contribution in [1.82, 2.24) is 0 Å². The van der Waals surface area contributed by atoms with Crippen LogP contribution in [-0.4, -0.2) is 0 Å². The molecule has 0 amide bonds. The van der Waals surface area contributed by atoms with Crippen molar-refractivity contribution >= 4 is 38.6 Å². The summed E-state index contributed by atoms with van der Waals surface area (Å²) in [6, 6.07) is 83.7. The summed E-state index contributed by atoms with van der Waals surface area (Å²) in [6.45, 7) is 0. The molecule has 2 bridgehead atoms. The maximum absolute atomic E-state index is 2.57. The second-order valence-corrected chi connectivity index (χ2v) is 18.4. The molecule has 0 aromatic heterocycles. The van der Waals surface area contributed by atoms with Crippen LogP contribution in [0.2, 0.25) is 0 Å². The van der Waals surface area contributed by atoms with Crippen LogP contribution >= 0.6 is 0 Å². The number of hydrogen-bond donors (Lipinski definition) is 0. The molecule has 2 fully saturated rings. The summed E-state index contributed by atoms with van der Waals surface area (Å²) >= 11 is 0. The molecule has 2 saturated carbocycles. The number of anilines is 3. The van der Waals surface area contributed by atoms with Crippen LogP contribution in [0.3, 0.4) is 0 Å². The Kier molecular flexibility index (Phi) is 8.59. The van der Waals surface area contributed by atoms with E-state index in [1.807, 2.05) is 0 Å². The lowest BCUT2D eigenvalue weighted by atomic mass is 9.66. The largest absolute Gasteiger partial charge is 0.309 e. The van der Waals surface area contributed by atoms with E-state index in [1.54, 1.807) is 11.1 Å². The summed E-state index contributed by atoms with van der Waals surface area (Å²) in [5.41, 5.74) is 19.4. The van der Waals surface area contributed by atoms with Gasteiger partial charge in [-0.3, -0.25) is 0 Å². The Morgan fingerprint density at radius 1 is 0.359 bits per heavy atom. The van der Waals surface area contributed by atoms with Gasteiger partial charge in [-0.15, -0.1) is 0 Å². The molecule has 304 valence electrons. The van der Waals surface area contributed by atoms with Gasteiger partial charge >= 0.3 is 0 Å². The maximum atomic E-state index is 2.57. The number of nitrogens with zero attached hydrogens (tertiary/aromatic N) is 1. The number of benzene rings is 10. The van der Waals surface area contributed by atoms with E-state index in [4.69, 9.17) is 0 Å². The summed E-state index contributed by atoms with van der Waals surface area (Å²) in [5, 5.41) is 4.96. The van der Waals surface area contributed by atoms with Gasteiger partial charge in [0.2, 0.25) is 0 Å². The molecule has 13 rings (SSSR count). The van der Waals surface area contributed by atoms with Gasteiger partial charge in [0, 0.05) is 22.1 Å². The topological polar surface area (TPSA) is 3.24 Å². The van der Waals surface area contributed by atoms with Gasteiger partial charge in [0.1, 0.15) is 0 Å². The first-order valence-electron chi connectivity index (χ1n) is 23.1. The number of hydrogen-bond acceptors (Lipinski definition) is 1. The molecule has 1 heteroatoms. The van der Waals surface area contributed by atoms with Crippen molar-refractivity contribution in [2.24, 2.45) is 11.8 Å². The first-order valence-corrected chi connectivity index (χ1v) is 23.1. The zero-order valence-electron chi connectivity index (χ0n) is 35.8. The van der Waals surface area contributed by atoms with Crippen molar-refractivity contribution in [1.29, 1.82) is 0 Å². The monoisotopic (exact) mass is 817 g/mol. The van der Waals surface area contributed by atoms with Gasteiger partial charge in [0.15, 0.2) is 0 Å². The Morgan fingerprint density at radius 3 is 1.69 bits per heavy atom. The van der Waals surface area contributed by atoms with Gasteiger partial charge in [-0.2, -0.15) is 0 Å². The van der Waals surface area contributed by atoms with Gasteiger partial charge < -0.3 is 4.90 Å². The van der Waals surface area contributed by atoms with E-state index in [2.05, 4.69) is 229 Å². The number of para-hydroxylation sites is 1. The highest BCUT2D eigenvalue weighted by Gasteiger charge is 2.56. The Labute approximate surface area is 375 Å². The minimum Gasteiger partial charge on any atom is -0.309 e. The van der Waals surface area contributed by atoms with Crippen LogP contribution in [0.5, 0.6) is 0 Å². The molecule has 0 aliphatic heterocycles. The SMILES string of the molecule is c1ccc(-c2ccccc2-c2ccccc2-c2ccccc2N(c2ccc(-c3ccc4c(c3)C3(CC5CCC3C5)c3ccccc3-4)cc2)c2cc3ccccc3c3ccccc23)cc1. The molecule has 10 aromatic carbocycles. The Balaban J connectivity index is 0.985. The average molecular weight is 818 g/mol. The number of rotatable bonds is 7. The van der Waals surface area contributed by atoms with E-state index in [9.17, 15) is 0 Å². The first-order chi connectivity index (χ1) is 31.7. The van der Waals surface area contributed by atoms with Crippen LogP contribution in [0.25, 0.3) is 77.2 Å². The lowest BCUT2D eigenvalue weighted by molar-refractivity contribution is 0.327. The summed E-state index contributed by atoms with van der Waals surface area (Å²) in [4.78, 5) is 2.51. The highest BCUT2D eigenvalue weighted by Crippen LogP contribution is 2.66. The number of fused-ring (bicyclic) bond motifs is 11. The molecule has 0 N–H and O–H groups in total. The van der Waals surface area contributed by atoms with Crippen LogP contribution in [0, 0.1) is 11.8 Å². The minimum absolute atomic E-state index is 0.153. The van der Waals surface area contributed by atoms with Crippen molar-refractivity contribution in [3.63, 3.8) is 0 Å². The van der Waals surface area contributed by atoms with Gasteiger partial charge in [-0.1, -0.05) is 201 Å². The summed E-state index contributed by atoms with van der Waals surface area (Å²) in [5.74, 6) is 1.58. The van der Waals surface area contributed by atoms with Crippen molar-refractivity contribution < 1.29 is 0 Å². The molecule has 0 saturated heterocycles. The van der Waals surface area contributed by atoms with Gasteiger partial charge in [0.05, 0.1) is 11.4 Å². The van der Waals surface area contributed by atoms with Crippen LogP contribution in [0.15, 0.2) is 224 Å². The van der Waals surface area contributed by atoms with Crippen LogP contribution in [0.4, 0.5) is 17.1 Å². The zero-order valence-corrected chi connectivity index (χ0v) is 35.8. The molecule has 3 aliphatic rings. The minimum atomic E-state index is 0.153. The zero-order chi connectivity index (χ0) is 42.2. The molecule has 3 atom stereocenters. The van der Waals surface area contributed by atoms with Gasteiger partial charge in [0.25, 0.3) is 0 Å². The fourth-order valence-electron chi connectivity index (χ4n) is 12.4. The molecule has 0 radical (unpaired) electrons. The van der Waals surface area contributed by atoms with Gasteiger partial charge in [-0.25, -0.2) is 0 Å².